The van der Waals surface area contributed by atoms with Gasteiger partial charge in [-0.15, -0.1) is 0 Å². The van der Waals surface area contributed by atoms with Gasteiger partial charge in [0.05, 0.1) is 32.2 Å². The molecule has 1 amide bonds. The third kappa shape index (κ3) is 12.9. The molecule has 0 bridgehead atoms. The topological polar surface area (TPSA) is 337 Å². The Morgan fingerprint density at radius 3 is 1.38 bits per heavy atom. The molecule has 0 aromatic rings. The number of carbonyl (C=O) groups excluding carboxylic acids is 1. The molecule has 0 aliphatic carbocycles. The number of aliphatic hydroxyl groups is 1. The van der Waals surface area contributed by atoms with Gasteiger partial charge >= 0.3 is 39.1 Å². The van der Waals surface area contributed by atoms with Crippen molar-refractivity contribution in [1.82, 2.24) is 14.7 Å². The first kappa shape index (κ1) is 36.5. The van der Waals surface area contributed by atoms with Crippen molar-refractivity contribution in [2.45, 2.75) is 24.0 Å². The monoisotopic (exact) mass is 610 g/mol. The number of nitrogens with two attached hydrogens (primary N) is 1. The molecule has 0 fully saturated rings. The zero-order chi connectivity index (χ0) is 30.8. The minimum absolute atomic E-state index is 0.231. The van der Waals surface area contributed by atoms with Crippen LogP contribution in [0, 0.1) is 0 Å². The Morgan fingerprint density at radius 1 is 0.667 bits per heavy atom. The Morgan fingerprint density at radius 2 is 1.03 bits per heavy atom. The van der Waals surface area contributed by atoms with E-state index in [1.54, 1.807) is 0 Å². The molecule has 20 nitrogen and oxygen atoms in total. The molecule has 0 saturated carbocycles. The molecular weight excluding hydrogens is 578 g/mol. The smallest absolute Gasteiger partial charge is 0.369 e. The molecule has 0 saturated heterocycles. The Hall–Kier alpha value is -2.51. The zero-order valence-electron chi connectivity index (χ0n) is 20.3. The predicted molar refractivity (Wildman–Crippen MR) is 126 cm³/mol. The lowest BCUT2D eigenvalue weighted by atomic mass is 10.1. The van der Waals surface area contributed by atoms with Crippen LogP contribution in [-0.4, -0.2) is 153 Å². The van der Waals surface area contributed by atoms with Crippen LogP contribution in [0.5, 0.6) is 0 Å². The summed E-state index contributed by atoms with van der Waals surface area (Å²) in [6, 6.07) is -1.76. The van der Waals surface area contributed by atoms with E-state index in [1.807, 2.05) is 0 Å². The van der Waals surface area contributed by atoms with E-state index in [0.717, 1.165) is 14.7 Å². The van der Waals surface area contributed by atoms with E-state index in [9.17, 15) is 68.0 Å². The van der Waals surface area contributed by atoms with E-state index in [2.05, 4.69) is 0 Å². The second-order valence-corrected chi connectivity index (χ2v) is 12.4. The van der Waals surface area contributed by atoms with Gasteiger partial charge in [0, 0.05) is 32.6 Å². The fourth-order valence-corrected chi connectivity index (χ4v) is 5.62. The maximum absolute atomic E-state index is 12.1. The fourth-order valence-electron chi connectivity index (χ4n) is 3.43. The second kappa shape index (κ2) is 15.3. The fraction of sp³-hybridized carbons (Fsp3) is 0.706. The van der Waals surface area contributed by atoms with Gasteiger partial charge in [-0.05, 0) is 6.42 Å². The van der Waals surface area contributed by atoms with Gasteiger partial charge in [0.2, 0.25) is 5.91 Å². The van der Waals surface area contributed by atoms with Crippen molar-refractivity contribution in [3.05, 3.63) is 0 Å². The Kier molecular flexibility index (Phi) is 14.3. The molecule has 1 atom stereocenters. The van der Waals surface area contributed by atoms with Crippen molar-refractivity contribution in [1.29, 1.82) is 0 Å². The van der Waals surface area contributed by atoms with Crippen molar-refractivity contribution in [2.75, 3.05) is 52.4 Å². The molecule has 11 N–H and O–H groups in total. The summed E-state index contributed by atoms with van der Waals surface area (Å²) in [5.41, 5.74) is 5.27. The van der Waals surface area contributed by atoms with Crippen LogP contribution in [-0.2, 0) is 33.1 Å². The van der Waals surface area contributed by atoms with Crippen molar-refractivity contribution >= 4 is 45.0 Å². The van der Waals surface area contributed by atoms with Gasteiger partial charge in [-0.1, -0.05) is 0 Å². The number of aliphatic carboxylic acids is 4. The maximum Gasteiger partial charge on any atom is 0.369 e. The first-order valence-corrected chi connectivity index (χ1v) is 14.0. The number of nitrogens with zero attached hydrogens (tertiary/aromatic N) is 3. The molecular formula is C17H32N4O16P2. The van der Waals surface area contributed by atoms with Crippen LogP contribution < -0.4 is 5.73 Å². The number of primary amides is 1. The minimum Gasteiger partial charge on any atom is -0.480 e. The highest BCUT2D eigenvalue weighted by Crippen LogP contribution is 2.69. The molecule has 22 heteroatoms. The molecule has 0 aromatic carbocycles. The quantitative estimate of drug-likeness (QED) is 0.0551. The average Bonchev–Trinajstić information content (AvgIpc) is 2.71. The highest BCUT2D eigenvalue weighted by molar-refractivity contribution is 7.72. The highest BCUT2D eigenvalue weighted by atomic mass is 31.2. The lowest BCUT2D eigenvalue weighted by Gasteiger charge is -2.34. The first-order chi connectivity index (χ1) is 17.6. The summed E-state index contributed by atoms with van der Waals surface area (Å²) in [6.45, 7) is -4.30. The summed E-state index contributed by atoms with van der Waals surface area (Å²) >= 11 is 0. The molecule has 0 rings (SSSR count). The van der Waals surface area contributed by atoms with Crippen molar-refractivity contribution < 1.29 is 78.2 Å². The molecule has 0 heterocycles. The number of amides is 1. The Balaban J connectivity index is 5.86. The number of rotatable bonds is 21. The molecule has 226 valence electrons. The van der Waals surface area contributed by atoms with Gasteiger partial charge in [-0.25, -0.2) is 0 Å². The molecule has 0 aromatic heterocycles. The van der Waals surface area contributed by atoms with Gasteiger partial charge in [0.1, 0.15) is 0 Å². The van der Waals surface area contributed by atoms with Crippen LogP contribution in [0.2, 0.25) is 0 Å². The summed E-state index contributed by atoms with van der Waals surface area (Å²) in [7, 11) is -11.8. The van der Waals surface area contributed by atoms with Gasteiger partial charge in [0.15, 0.2) is 0 Å². The molecule has 0 aliphatic rings. The number of hydrogen-bond donors (Lipinski definition) is 10. The largest absolute Gasteiger partial charge is 0.480 e. The minimum atomic E-state index is -5.90. The van der Waals surface area contributed by atoms with Crippen molar-refractivity contribution in [3.63, 3.8) is 0 Å². The third-order valence-corrected chi connectivity index (χ3v) is 9.18. The van der Waals surface area contributed by atoms with Crippen LogP contribution >= 0.6 is 15.2 Å². The normalized spacial score (nSPS) is 13.5. The van der Waals surface area contributed by atoms with E-state index < -0.39 is 102 Å². The van der Waals surface area contributed by atoms with E-state index in [0.29, 0.717) is 0 Å². The summed E-state index contributed by atoms with van der Waals surface area (Å²) in [4.78, 5) is 96.7. The number of hydrogen-bond acceptors (Lipinski definition) is 11. The Bertz CT molecular complexity index is 959. The highest BCUT2D eigenvalue weighted by Gasteiger charge is 2.59. The average molecular weight is 610 g/mol. The van der Waals surface area contributed by atoms with E-state index >= 15 is 0 Å². The van der Waals surface area contributed by atoms with Crippen LogP contribution in [0.3, 0.4) is 0 Å². The number of carbonyl (C=O) groups is 5. The van der Waals surface area contributed by atoms with Crippen LogP contribution in [0.4, 0.5) is 0 Å². The molecule has 0 radical (unpaired) electrons. The van der Waals surface area contributed by atoms with Crippen LogP contribution in [0.15, 0.2) is 0 Å². The summed E-state index contributed by atoms with van der Waals surface area (Å²) in [5, 5.41) is 42.4. The summed E-state index contributed by atoms with van der Waals surface area (Å²) in [6.07, 6.45) is -2.32. The summed E-state index contributed by atoms with van der Waals surface area (Å²) in [5.74, 6) is -6.93. The van der Waals surface area contributed by atoms with Gasteiger partial charge in [-0.3, -0.25) is 47.8 Å². The van der Waals surface area contributed by atoms with Crippen molar-refractivity contribution in [3.8, 4) is 0 Å². The number of carboxylic acids is 4. The van der Waals surface area contributed by atoms with E-state index in [4.69, 9.17) is 15.9 Å². The van der Waals surface area contributed by atoms with Crippen LogP contribution in [0.25, 0.3) is 0 Å². The Labute approximate surface area is 220 Å². The van der Waals surface area contributed by atoms with Crippen LogP contribution in [0.1, 0.15) is 12.8 Å². The maximum atomic E-state index is 12.1. The van der Waals surface area contributed by atoms with Crippen molar-refractivity contribution in [2.24, 2.45) is 5.73 Å². The first-order valence-electron chi connectivity index (χ1n) is 10.8. The number of carboxylic acid groups (broad SMARTS) is 4. The summed E-state index contributed by atoms with van der Waals surface area (Å²) < 4.78 is 23.2. The SMILES string of the molecule is NC(=O)C(CCC(O)(P(=O)(O)O)P(=O)(O)O)N(CCN(CCN(CC(=O)O)CC(=O)O)CC(=O)O)CC(=O)O. The molecule has 1 unspecified atom stereocenters. The van der Waals surface area contributed by atoms with Gasteiger partial charge < -0.3 is 50.8 Å². The predicted octanol–water partition coefficient (Wildman–Crippen LogP) is -4.13. The molecule has 0 aliphatic heterocycles. The van der Waals surface area contributed by atoms with Gasteiger partial charge in [0.25, 0.3) is 5.08 Å². The van der Waals surface area contributed by atoms with E-state index in [1.165, 1.54) is 0 Å². The second-order valence-electron chi connectivity index (χ2n) is 8.35. The molecule has 0 spiro atoms. The standard InChI is InChI=1S/C17H32N4O16P2/c18-16(30)11(1-2-17(31,38(32,33)34)39(35,36)37)21(10-15(28)29)6-5-19(7-12(22)23)3-4-20(8-13(24)25)9-14(26)27/h11,31H,1-10H2,(H2,18,30)(H,22,23)(H,24,25)(H,26,27)(H,28,29)(H2,32,33,34)(H2,35,36,37). The van der Waals surface area contributed by atoms with Gasteiger partial charge in [-0.2, -0.15) is 0 Å². The molecule has 39 heavy (non-hydrogen) atoms. The lowest BCUT2D eigenvalue weighted by Crippen LogP contribution is -2.51. The third-order valence-electron chi connectivity index (χ3n) is 5.31. The van der Waals surface area contributed by atoms with E-state index in [-0.39, 0.29) is 19.6 Å². The zero-order valence-corrected chi connectivity index (χ0v) is 22.1. The lowest BCUT2D eigenvalue weighted by molar-refractivity contribution is -0.143.